The molecule has 0 unspecified atom stereocenters. The maximum atomic E-state index is 14.1. The number of aliphatic hydroxyl groups excluding tert-OH is 5. The maximum Gasteiger partial charge on any atom is 0.408 e. The number of rotatable bonds is 18. The van der Waals surface area contributed by atoms with E-state index in [9.17, 15) is 64.2 Å². The molecule has 8 aliphatic rings. The molecule has 23 nitrogen and oxygen atoms in total. The molecular formula is C68H72N4O19. The minimum absolute atomic E-state index is 0.00250. The molecule has 0 spiro atoms. The second-order valence-electron chi connectivity index (χ2n) is 25.5. The first-order valence-electron chi connectivity index (χ1n) is 30.6. The maximum absolute atomic E-state index is 14.1. The number of aliphatic hydroxyl groups is 5. The zero-order valence-electron chi connectivity index (χ0n) is 50.1. The van der Waals surface area contributed by atoms with Crippen LogP contribution in [0.15, 0.2) is 115 Å². The lowest BCUT2D eigenvalue weighted by Gasteiger charge is -2.59. The highest BCUT2D eigenvalue weighted by atomic mass is 16.7. The van der Waals surface area contributed by atoms with E-state index in [4.69, 9.17) is 28.4 Å². The number of ketones is 2. The van der Waals surface area contributed by atoms with Crippen molar-refractivity contribution >= 4 is 52.7 Å². The fourth-order valence-corrected chi connectivity index (χ4v) is 15.3. The van der Waals surface area contributed by atoms with Gasteiger partial charge in [0.05, 0.1) is 48.9 Å². The summed E-state index contributed by atoms with van der Waals surface area (Å²) in [4.78, 5) is 94.0. The van der Waals surface area contributed by atoms with E-state index in [1.807, 2.05) is 73.7 Å². The molecule has 9 N–H and O–H groups in total. The lowest BCUT2D eigenvalue weighted by Crippen LogP contribution is -2.63. The van der Waals surface area contributed by atoms with Crippen LogP contribution in [0.3, 0.4) is 0 Å². The van der Waals surface area contributed by atoms with Gasteiger partial charge in [-0.15, -0.1) is 0 Å². The number of benzene rings is 4. The number of carboxylic acids is 1. The fourth-order valence-electron chi connectivity index (χ4n) is 15.3. The van der Waals surface area contributed by atoms with Crippen LogP contribution < -0.4 is 25.6 Å². The number of hydrogen-bond donors (Lipinski definition) is 9. The Labute approximate surface area is 523 Å². The molecule has 4 aromatic rings. The third kappa shape index (κ3) is 11.9. The lowest BCUT2D eigenvalue weighted by atomic mass is 9.46. The highest BCUT2D eigenvalue weighted by Gasteiger charge is 2.76. The van der Waals surface area contributed by atoms with E-state index in [1.54, 1.807) is 29.2 Å². The third-order valence-corrected chi connectivity index (χ3v) is 19.9. The molecule has 4 aliphatic carbocycles. The van der Waals surface area contributed by atoms with Crippen LogP contribution in [0.2, 0.25) is 0 Å². The molecule has 4 aromatic carbocycles. The third-order valence-electron chi connectivity index (χ3n) is 19.9. The number of anilines is 2. The normalized spacial score (nSPS) is 31.3. The monoisotopic (exact) mass is 1250 g/mol. The first-order valence-corrected chi connectivity index (χ1v) is 30.6. The summed E-state index contributed by atoms with van der Waals surface area (Å²) in [5.74, 6) is 2.22. The lowest BCUT2D eigenvalue weighted by molar-refractivity contribution is -0.271. The number of nitrogens with zero attached hydrogens (tertiary/aromatic N) is 1. The number of hydrogen-bond acceptors (Lipinski definition) is 18. The Morgan fingerprint density at radius 1 is 0.824 bits per heavy atom. The van der Waals surface area contributed by atoms with Gasteiger partial charge in [-0.05, 0) is 96.7 Å². The molecule has 0 radical (unpaired) electrons. The van der Waals surface area contributed by atoms with Gasteiger partial charge in [0.15, 0.2) is 29.6 Å². The minimum Gasteiger partial charge on any atom is -0.479 e. The zero-order valence-corrected chi connectivity index (χ0v) is 50.1. The average Bonchev–Trinajstić information content (AvgIpc) is 1.54. The molecular weight excluding hydrogens is 1180 g/mol. The van der Waals surface area contributed by atoms with Crippen LogP contribution in [-0.2, 0) is 72.0 Å². The smallest absolute Gasteiger partial charge is 0.408 e. The van der Waals surface area contributed by atoms with E-state index in [0.717, 1.165) is 28.7 Å². The van der Waals surface area contributed by atoms with Gasteiger partial charge in [-0.3, -0.25) is 24.0 Å². The van der Waals surface area contributed by atoms with E-state index in [1.165, 1.54) is 18.2 Å². The average molecular weight is 1250 g/mol. The second-order valence-corrected chi connectivity index (χ2v) is 25.5. The number of carbonyl (C=O) groups is 7. The van der Waals surface area contributed by atoms with E-state index < -0.39 is 107 Å². The van der Waals surface area contributed by atoms with E-state index in [0.29, 0.717) is 41.6 Å². The SMILES string of the molecule is C[C@]12C=CC(=O)C=C1CC[C@@H]1[C@@H]2[C@@H](O)C[C@@]2(C)[C@H]1C[C@H]1O[C@@H](c3ccc(CC4(NC(=O)OCc5ccc(O[C@@H]6O[C@H](C(=O)O)[C@@H](O)[C@H](O)[C@H]6O)c(NC(=O)CCNC(=O)CCC(=O)N6Cc7ccccc7C#Cc7ccccc76)c5)COC4)cc3)O[C@]12C(=O)CO. The number of ether oxygens (including phenoxy) is 6. The van der Waals surface area contributed by atoms with E-state index in [-0.39, 0.29) is 99.5 Å². The van der Waals surface area contributed by atoms with Crippen LogP contribution in [0.1, 0.15) is 98.5 Å². The van der Waals surface area contributed by atoms with Gasteiger partial charge in [-0.25, -0.2) is 9.59 Å². The van der Waals surface area contributed by atoms with Crippen molar-refractivity contribution in [2.24, 2.45) is 28.6 Å². The molecule has 91 heavy (non-hydrogen) atoms. The topological polar surface area (TPSA) is 336 Å². The number of aliphatic carboxylic acids is 1. The first-order chi connectivity index (χ1) is 43.6. The second kappa shape index (κ2) is 25.2. The summed E-state index contributed by atoms with van der Waals surface area (Å²) in [6, 6.07) is 26.3. The molecule has 0 aromatic heterocycles. The Kier molecular flexibility index (Phi) is 17.4. The van der Waals surface area contributed by atoms with Gasteiger partial charge in [-0.2, -0.15) is 0 Å². The number of nitrogens with one attached hydrogen (secondary N) is 3. The summed E-state index contributed by atoms with van der Waals surface area (Å²) in [5, 5.41) is 72.0. The summed E-state index contributed by atoms with van der Waals surface area (Å²) >= 11 is 0. The minimum atomic E-state index is -2.01. The summed E-state index contributed by atoms with van der Waals surface area (Å²) in [7, 11) is 0. The fraction of sp³-hybridized carbons (Fsp3) is 0.456. The molecule has 3 saturated heterocycles. The number of fused-ring (bicyclic) bond motifs is 9. The molecule has 4 amide bonds. The quantitative estimate of drug-likeness (QED) is 0.0636. The van der Waals surface area contributed by atoms with Gasteiger partial charge in [0.2, 0.25) is 24.0 Å². The number of Topliss-reactive ketones (excluding diaryl/α,β-unsaturated/α-hetero) is 1. The molecule has 3 saturated carbocycles. The van der Waals surface area contributed by atoms with Crippen LogP contribution >= 0.6 is 0 Å². The van der Waals surface area contributed by atoms with Gasteiger partial charge in [0.1, 0.15) is 37.3 Å². The molecule has 12 rings (SSSR count). The first kappa shape index (κ1) is 63.0. The molecule has 4 heterocycles. The van der Waals surface area contributed by atoms with E-state index in [2.05, 4.69) is 34.7 Å². The van der Waals surface area contributed by atoms with Gasteiger partial charge in [-0.1, -0.05) is 98.0 Å². The Morgan fingerprint density at radius 2 is 1.56 bits per heavy atom. The number of carbonyl (C=O) groups excluding carboxylic acids is 6. The molecule has 23 heteroatoms. The van der Waals surface area contributed by atoms with E-state index >= 15 is 0 Å². The van der Waals surface area contributed by atoms with Crippen molar-refractivity contribution in [3.63, 3.8) is 0 Å². The molecule has 478 valence electrons. The zero-order chi connectivity index (χ0) is 64.1. The van der Waals surface area contributed by atoms with Crippen molar-refractivity contribution in [2.75, 3.05) is 36.6 Å². The van der Waals surface area contributed by atoms with Gasteiger partial charge in [0, 0.05) is 65.7 Å². The summed E-state index contributed by atoms with van der Waals surface area (Å²) < 4.78 is 35.9. The van der Waals surface area contributed by atoms with Gasteiger partial charge >= 0.3 is 12.1 Å². The van der Waals surface area contributed by atoms with Crippen LogP contribution in [0.25, 0.3) is 0 Å². The van der Waals surface area contributed by atoms with Gasteiger partial charge < -0.3 is 79.9 Å². The molecule has 0 bridgehead atoms. The highest BCUT2D eigenvalue weighted by molar-refractivity contribution is 6.01. The van der Waals surface area contributed by atoms with Crippen molar-refractivity contribution in [1.82, 2.24) is 10.6 Å². The molecule has 6 fully saturated rings. The number of amides is 4. The van der Waals surface area contributed by atoms with Crippen molar-refractivity contribution in [1.29, 1.82) is 0 Å². The Bertz CT molecular complexity index is 3690. The number of alkyl carbamates (subject to hydrolysis) is 1. The molecule has 4 aliphatic heterocycles. The van der Waals surface area contributed by atoms with Crippen molar-refractivity contribution in [2.45, 2.75) is 139 Å². The van der Waals surface area contributed by atoms with Crippen LogP contribution in [-0.4, -0.2) is 152 Å². The van der Waals surface area contributed by atoms with Crippen LogP contribution in [0.4, 0.5) is 16.2 Å². The largest absolute Gasteiger partial charge is 0.479 e. The summed E-state index contributed by atoms with van der Waals surface area (Å²) in [6.07, 6.45) is -6.06. The van der Waals surface area contributed by atoms with Gasteiger partial charge in [0.25, 0.3) is 0 Å². The van der Waals surface area contributed by atoms with Crippen LogP contribution in [0, 0.1) is 40.4 Å². The Morgan fingerprint density at radius 3 is 2.31 bits per heavy atom. The number of allylic oxidation sites excluding steroid dienone is 4. The highest BCUT2D eigenvalue weighted by Crippen LogP contribution is 2.70. The number of carboxylic acid groups (broad SMARTS) is 1. The predicted octanol–water partition coefficient (Wildman–Crippen LogP) is 3.97. The molecule has 14 atom stereocenters. The Hall–Kier alpha value is -8.15. The van der Waals surface area contributed by atoms with Crippen molar-refractivity contribution in [3.05, 3.63) is 148 Å². The van der Waals surface area contributed by atoms with Crippen molar-refractivity contribution in [3.8, 4) is 17.6 Å². The predicted molar refractivity (Wildman–Crippen MR) is 321 cm³/mol. The van der Waals surface area contributed by atoms with Crippen LogP contribution in [0.5, 0.6) is 5.75 Å². The summed E-state index contributed by atoms with van der Waals surface area (Å²) in [5.41, 5.74) is 1.80. The standard InChI is InChI=1S/C68H72N4O19/c1-65-25-23-44(74)28-43(65)18-19-45-46-29-52-68(51(76)33-73,66(46,2)31-49(75)56(45)65)91-62(89-52)41-14-11-37(12-15-41)30-67(35-86-36-67)71-64(85)87-34-38-13-20-50(88-63-59(82)57(80)58(81)60(90-63)61(83)84)47(27-38)70-54(78)24-26-69-53(77)21-22-55(79)72-32-42-9-4-3-7-39(42)16-17-40-8-5-6-10-48(40)72/h3-15,20,23,25,27-28,45-46,49,52,56-60,62-63,73,75,80-82H,18-19,21-22,24,26,29-36H2,1-2H3,(H,69,77)(H,70,78)(H,71,85)(H,83,84)/t45-,46-,49-,52+,56+,57-,58-,59+,60-,62+,63+,65-,66-,68+/m0/s1. The number of para-hydroxylation sites is 1. The van der Waals surface area contributed by atoms with Crippen molar-refractivity contribution < 1.29 is 92.6 Å². The summed E-state index contributed by atoms with van der Waals surface area (Å²) in [6.45, 7) is 3.32. The Balaban J connectivity index is 0.669.